The van der Waals surface area contributed by atoms with Crippen molar-refractivity contribution in [3.8, 4) is 5.75 Å². The standard InChI is InChI=1S/C17H12FNO3S/c18-10-5-6-15-12(7-10)19-16(23-15)9-21-17-8-13(20)11-3-1-2-4-14(11)22-17/h1-7,17H,8-9H2. The molecule has 0 aliphatic carbocycles. The average molecular weight is 329 g/mol. The van der Waals surface area contributed by atoms with Crippen LogP contribution >= 0.6 is 11.3 Å². The summed E-state index contributed by atoms with van der Waals surface area (Å²) in [5.74, 6) is 0.233. The molecular weight excluding hydrogens is 317 g/mol. The van der Waals surface area contributed by atoms with Crippen LogP contribution in [-0.4, -0.2) is 17.1 Å². The number of halogens is 1. The number of para-hydroxylation sites is 1. The molecule has 0 saturated carbocycles. The van der Waals surface area contributed by atoms with E-state index in [1.165, 1.54) is 23.5 Å². The number of rotatable bonds is 3. The first-order chi connectivity index (χ1) is 11.2. The molecule has 0 amide bonds. The van der Waals surface area contributed by atoms with E-state index in [0.717, 1.165) is 9.71 Å². The minimum absolute atomic E-state index is 0.00298. The van der Waals surface area contributed by atoms with E-state index in [1.54, 1.807) is 18.2 Å². The lowest BCUT2D eigenvalue weighted by Crippen LogP contribution is -2.29. The third-order valence-corrected chi connectivity index (χ3v) is 4.59. The predicted octanol–water partition coefficient (Wildman–Crippen LogP) is 3.94. The van der Waals surface area contributed by atoms with Crippen LogP contribution in [0.3, 0.4) is 0 Å². The molecule has 1 aromatic heterocycles. The number of Topliss-reactive ketones (excluding diaryl/α,β-unsaturated/α-hetero) is 1. The normalized spacial score (nSPS) is 17.1. The number of carbonyl (C=O) groups is 1. The van der Waals surface area contributed by atoms with Crippen molar-refractivity contribution in [2.45, 2.75) is 19.3 Å². The lowest BCUT2D eigenvalue weighted by atomic mass is 10.0. The Bertz CT molecular complexity index is 892. The first kappa shape index (κ1) is 14.3. The summed E-state index contributed by atoms with van der Waals surface area (Å²) in [6.07, 6.45) is -0.447. The van der Waals surface area contributed by atoms with Gasteiger partial charge in [0.15, 0.2) is 5.78 Å². The number of hydrogen-bond donors (Lipinski definition) is 0. The van der Waals surface area contributed by atoms with Crippen LogP contribution in [0.5, 0.6) is 5.75 Å². The molecule has 0 saturated heterocycles. The SMILES string of the molecule is O=C1CC(OCc2nc3cc(F)ccc3s2)Oc2ccccc21. The highest BCUT2D eigenvalue weighted by Crippen LogP contribution is 2.29. The Balaban J connectivity index is 1.47. The topological polar surface area (TPSA) is 48.4 Å². The number of benzene rings is 2. The highest BCUT2D eigenvalue weighted by Gasteiger charge is 2.26. The van der Waals surface area contributed by atoms with Crippen molar-refractivity contribution >= 4 is 27.3 Å². The van der Waals surface area contributed by atoms with Gasteiger partial charge in [-0.25, -0.2) is 9.37 Å². The molecule has 3 aromatic rings. The van der Waals surface area contributed by atoms with Crippen molar-refractivity contribution in [3.63, 3.8) is 0 Å². The number of hydrogen-bond acceptors (Lipinski definition) is 5. The highest BCUT2D eigenvalue weighted by molar-refractivity contribution is 7.18. The second-order valence-corrected chi connectivity index (χ2v) is 6.32. The van der Waals surface area contributed by atoms with Crippen molar-refractivity contribution in [2.24, 2.45) is 0 Å². The van der Waals surface area contributed by atoms with Gasteiger partial charge in [0.25, 0.3) is 0 Å². The Labute approximate surface area is 135 Å². The Morgan fingerprint density at radius 1 is 1.30 bits per heavy atom. The molecule has 2 aromatic carbocycles. The van der Waals surface area contributed by atoms with Crippen LogP contribution in [0.1, 0.15) is 21.8 Å². The smallest absolute Gasteiger partial charge is 0.207 e. The summed E-state index contributed by atoms with van der Waals surface area (Å²) in [4.78, 5) is 16.4. The molecule has 23 heavy (non-hydrogen) atoms. The zero-order chi connectivity index (χ0) is 15.8. The van der Waals surface area contributed by atoms with Crippen LogP contribution in [0, 0.1) is 5.82 Å². The van der Waals surface area contributed by atoms with Gasteiger partial charge in [-0.1, -0.05) is 12.1 Å². The number of aromatic nitrogens is 1. The summed E-state index contributed by atoms with van der Waals surface area (Å²) in [5.41, 5.74) is 1.20. The molecule has 1 aliphatic rings. The molecule has 1 aliphatic heterocycles. The van der Waals surface area contributed by atoms with Gasteiger partial charge in [0, 0.05) is 6.07 Å². The van der Waals surface area contributed by atoms with Crippen LogP contribution in [0.25, 0.3) is 10.2 Å². The second kappa shape index (κ2) is 5.72. The molecule has 0 N–H and O–H groups in total. The fraction of sp³-hybridized carbons (Fsp3) is 0.176. The van der Waals surface area contributed by atoms with E-state index < -0.39 is 6.29 Å². The van der Waals surface area contributed by atoms with Gasteiger partial charge >= 0.3 is 0 Å². The molecule has 0 fully saturated rings. The molecular formula is C17H12FNO3S. The highest BCUT2D eigenvalue weighted by atomic mass is 32.1. The number of ether oxygens (including phenoxy) is 2. The molecule has 1 atom stereocenters. The lowest BCUT2D eigenvalue weighted by molar-refractivity contribution is -0.0915. The van der Waals surface area contributed by atoms with Crippen LogP contribution in [0.2, 0.25) is 0 Å². The average Bonchev–Trinajstić information content (AvgIpc) is 2.95. The van der Waals surface area contributed by atoms with E-state index in [9.17, 15) is 9.18 Å². The second-order valence-electron chi connectivity index (χ2n) is 5.20. The predicted molar refractivity (Wildman–Crippen MR) is 84.2 cm³/mol. The number of thiazole rings is 1. The Morgan fingerprint density at radius 3 is 3.09 bits per heavy atom. The van der Waals surface area contributed by atoms with Crippen LogP contribution in [0.4, 0.5) is 4.39 Å². The zero-order valence-electron chi connectivity index (χ0n) is 12.0. The van der Waals surface area contributed by atoms with Crippen molar-refractivity contribution in [3.05, 3.63) is 58.9 Å². The van der Waals surface area contributed by atoms with E-state index in [0.29, 0.717) is 16.8 Å². The summed E-state index contributed by atoms with van der Waals surface area (Å²) in [6, 6.07) is 11.6. The molecule has 0 spiro atoms. The van der Waals surface area contributed by atoms with Crippen molar-refractivity contribution in [1.29, 1.82) is 0 Å². The van der Waals surface area contributed by atoms with E-state index in [-0.39, 0.29) is 24.6 Å². The molecule has 116 valence electrons. The third kappa shape index (κ3) is 2.83. The Morgan fingerprint density at radius 2 is 2.17 bits per heavy atom. The van der Waals surface area contributed by atoms with Crippen molar-refractivity contribution in [1.82, 2.24) is 4.98 Å². The summed E-state index contributed by atoms with van der Waals surface area (Å²) in [7, 11) is 0. The lowest BCUT2D eigenvalue weighted by Gasteiger charge is -2.24. The maximum atomic E-state index is 13.2. The van der Waals surface area contributed by atoms with E-state index in [2.05, 4.69) is 4.98 Å². The molecule has 0 radical (unpaired) electrons. The summed E-state index contributed by atoms with van der Waals surface area (Å²) < 4.78 is 25.4. The quantitative estimate of drug-likeness (QED) is 0.730. The van der Waals surface area contributed by atoms with Gasteiger partial charge in [0.1, 0.15) is 23.2 Å². The molecule has 2 heterocycles. The number of fused-ring (bicyclic) bond motifs is 2. The van der Waals surface area contributed by atoms with Gasteiger partial charge in [-0.3, -0.25) is 4.79 Å². The van der Waals surface area contributed by atoms with Crippen molar-refractivity contribution < 1.29 is 18.7 Å². The molecule has 4 nitrogen and oxygen atoms in total. The molecule has 0 bridgehead atoms. The fourth-order valence-electron chi connectivity index (χ4n) is 2.51. The molecule has 6 heteroatoms. The van der Waals surface area contributed by atoms with Crippen LogP contribution in [-0.2, 0) is 11.3 Å². The van der Waals surface area contributed by atoms with Crippen LogP contribution in [0.15, 0.2) is 42.5 Å². The van der Waals surface area contributed by atoms with E-state index >= 15 is 0 Å². The number of ketones is 1. The van der Waals surface area contributed by atoms with Crippen molar-refractivity contribution in [2.75, 3.05) is 0 Å². The Kier molecular flexibility index (Phi) is 3.55. The number of carbonyl (C=O) groups excluding carboxylic acids is 1. The van der Waals surface area contributed by atoms with Gasteiger partial charge < -0.3 is 9.47 Å². The van der Waals surface area contributed by atoms with Gasteiger partial charge in [0.2, 0.25) is 6.29 Å². The van der Waals surface area contributed by atoms with E-state index in [1.807, 2.05) is 12.1 Å². The first-order valence-corrected chi connectivity index (χ1v) is 7.96. The van der Waals surface area contributed by atoms with Gasteiger partial charge in [-0.15, -0.1) is 11.3 Å². The monoisotopic (exact) mass is 329 g/mol. The van der Waals surface area contributed by atoms with Gasteiger partial charge in [-0.2, -0.15) is 0 Å². The van der Waals surface area contributed by atoms with E-state index in [4.69, 9.17) is 9.47 Å². The first-order valence-electron chi connectivity index (χ1n) is 7.14. The third-order valence-electron chi connectivity index (χ3n) is 3.58. The zero-order valence-corrected chi connectivity index (χ0v) is 12.8. The van der Waals surface area contributed by atoms with Gasteiger partial charge in [0.05, 0.1) is 22.2 Å². The summed E-state index contributed by atoms with van der Waals surface area (Å²) in [5, 5.41) is 0.723. The largest absolute Gasteiger partial charge is 0.464 e. The fourth-order valence-corrected chi connectivity index (χ4v) is 3.38. The Hall–Kier alpha value is -2.31. The van der Waals surface area contributed by atoms with Gasteiger partial charge in [-0.05, 0) is 24.3 Å². The molecule has 4 rings (SSSR count). The molecule has 1 unspecified atom stereocenters. The summed E-state index contributed by atoms with van der Waals surface area (Å²) >= 11 is 1.44. The van der Waals surface area contributed by atoms with Crippen LogP contribution < -0.4 is 4.74 Å². The number of nitrogens with zero attached hydrogens (tertiary/aromatic N) is 1. The minimum Gasteiger partial charge on any atom is -0.464 e. The summed E-state index contributed by atoms with van der Waals surface area (Å²) in [6.45, 7) is 0.223. The minimum atomic E-state index is -0.624. The maximum absolute atomic E-state index is 13.2. The maximum Gasteiger partial charge on any atom is 0.207 e.